The van der Waals surface area contributed by atoms with Crippen LogP contribution in [0.5, 0.6) is 0 Å². The van der Waals surface area contributed by atoms with Gasteiger partial charge in [0.25, 0.3) is 11.5 Å². The van der Waals surface area contributed by atoms with Gasteiger partial charge in [0.1, 0.15) is 5.56 Å². The van der Waals surface area contributed by atoms with E-state index in [1.807, 2.05) is 44.1 Å². The highest BCUT2D eigenvalue weighted by Gasteiger charge is 2.27. The number of amides is 1. The highest BCUT2D eigenvalue weighted by molar-refractivity contribution is 5.95. The standard InChI is InChI=1S/C21H28N4O2/c1-16-9-12-25(14-17-7-6-10-22-13-17)21(27)19(16)20(26)24-11-5-4-8-18(15-24)23(2)3/h6-7,9-10,12-13,18H,4-5,8,11,14-15H2,1-3H3/t18-/m0/s1. The number of carbonyl (C=O) groups excluding carboxylic acids is 1. The highest BCUT2D eigenvalue weighted by atomic mass is 16.2. The number of hydrogen-bond acceptors (Lipinski definition) is 4. The van der Waals surface area contributed by atoms with Crippen LogP contribution in [-0.4, -0.2) is 58.5 Å². The van der Waals surface area contributed by atoms with Gasteiger partial charge >= 0.3 is 0 Å². The fourth-order valence-corrected chi connectivity index (χ4v) is 3.62. The molecule has 2 aromatic heterocycles. The Labute approximate surface area is 160 Å². The summed E-state index contributed by atoms with van der Waals surface area (Å²) in [7, 11) is 4.10. The molecule has 3 heterocycles. The van der Waals surface area contributed by atoms with E-state index in [0.29, 0.717) is 31.2 Å². The Hall–Kier alpha value is -2.47. The lowest BCUT2D eigenvalue weighted by molar-refractivity contribution is 0.0722. The molecule has 0 spiro atoms. The van der Waals surface area contributed by atoms with Gasteiger partial charge in [0, 0.05) is 37.7 Å². The van der Waals surface area contributed by atoms with E-state index >= 15 is 0 Å². The molecule has 1 atom stereocenters. The summed E-state index contributed by atoms with van der Waals surface area (Å²) < 4.78 is 1.60. The summed E-state index contributed by atoms with van der Waals surface area (Å²) in [5.74, 6) is -0.146. The molecule has 1 aliphatic heterocycles. The monoisotopic (exact) mass is 368 g/mol. The number of rotatable bonds is 4. The molecular formula is C21H28N4O2. The number of hydrogen-bond donors (Lipinski definition) is 0. The molecule has 3 rings (SSSR count). The molecular weight excluding hydrogens is 340 g/mol. The molecule has 0 radical (unpaired) electrons. The van der Waals surface area contributed by atoms with E-state index in [2.05, 4.69) is 9.88 Å². The topological polar surface area (TPSA) is 58.4 Å². The second-order valence-corrected chi connectivity index (χ2v) is 7.53. The summed E-state index contributed by atoms with van der Waals surface area (Å²) in [6.45, 7) is 3.62. The van der Waals surface area contributed by atoms with Gasteiger partial charge < -0.3 is 14.4 Å². The van der Waals surface area contributed by atoms with E-state index in [0.717, 1.165) is 30.4 Å². The average Bonchev–Trinajstić information content (AvgIpc) is 2.91. The third-order valence-electron chi connectivity index (χ3n) is 5.33. The Bertz CT molecular complexity index is 845. The van der Waals surface area contributed by atoms with Crippen LogP contribution in [0.15, 0.2) is 41.6 Å². The Morgan fingerprint density at radius 3 is 2.81 bits per heavy atom. The lowest BCUT2D eigenvalue weighted by Gasteiger charge is -2.29. The molecule has 0 aliphatic carbocycles. The lowest BCUT2D eigenvalue weighted by atomic mass is 10.1. The van der Waals surface area contributed by atoms with Gasteiger partial charge in [-0.25, -0.2) is 0 Å². The predicted octanol–water partition coefficient (Wildman–Crippen LogP) is 2.16. The maximum atomic E-state index is 13.2. The van der Waals surface area contributed by atoms with Crippen molar-refractivity contribution in [1.29, 1.82) is 0 Å². The molecule has 0 bridgehead atoms. The minimum Gasteiger partial charge on any atom is -0.337 e. The van der Waals surface area contributed by atoms with Crippen molar-refractivity contribution >= 4 is 5.91 Å². The second-order valence-electron chi connectivity index (χ2n) is 7.53. The third kappa shape index (κ3) is 4.45. The number of carbonyl (C=O) groups is 1. The van der Waals surface area contributed by atoms with Gasteiger partial charge in [-0.05, 0) is 57.1 Å². The van der Waals surface area contributed by atoms with Gasteiger partial charge in [-0.15, -0.1) is 0 Å². The van der Waals surface area contributed by atoms with Gasteiger partial charge in [0.2, 0.25) is 0 Å². The normalized spacial score (nSPS) is 17.8. The van der Waals surface area contributed by atoms with Crippen molar-refractivity contribution < 1.29 is 4.79 Å². The molecule has 6 nitrogen and oxygen atoms in total. The van der Waals surface area contributed by atoms with Crippen molar-refractivity contribution in [3.05, 3.63) is 63.8 Å². The second kappa shape index (κ2) is 8.48. The van der Waals surface area contributed by atoms with Crippen LogP contribution >= 0.6 is 0 Å². The molecule has 2 aromatic rings. The Balaban J connectivity index is 1.89. The van der Waals surface area contributed by atoms with Crippen molar-refractivity contribution in [2.75, 3.05) is 27.2 Å². The van der Waals surface area contributed by atoms with E-state index in [-0.39, 0.29) is 11.5 Å². The molecule has 27 heavy (non-hydrogen) atoms. The van der Waals surface area contributed by atoms with Crippen molar-refractivity contribution in [3.63, 3.8) is 0 Å². The first-order valence-corrected chi connectivity index (χ1v) is 9.52. The summed E-state index contributed by atoms with van der Waals surface area (Å²) >= 11 is 0. The van der Waals surface area contributed by atoms with Crippen molar-refractivity contribution in [2.45, 2.75) is 38.8 Å². The van der Waals surface area contributed by atoms with Crippen molar-refractivity contribution in [3.8, 4) is 0 Å². The van der Waals surface area contributed by atoms with E-state index in [1.54, 1.807) is 23.2 Å². The zero-order chi connectivity index (χ0) is 19.4. The summed E-state index contributed by atoms with van der Waals surface area (Å²) in [6, 6.07) is 5.96. The smallest absolute Gasteiger partial charge is 0.263 e. The molecule has 1 saturated heterocycles. The average molecular weight is 368 g/mol. The van der Waals surface area contributed by atoms with Crippen LogP contribution in [0.25, 0.3) is 0 Å². The highest BCUT2D eigenvalue weighted by Crippen LogP contribution is 2.17. The fraction of sp³-hybridized carbons (Fsp3) is 0.476. The Kier molecular flexibility index (Phi) is 6.06. The van der Waals surface area contributed by atoms with Gasteiger partial charge in [-0.1, -0.05) is 12.5 Å². The first kappa shape index (κ1) is 19.3. The molecule has 144 valence electrons. The van der Waals surface area contributed by atoms with Crippen LogP contribution < -0.4 is 5.56 Å². The van der Waals surface area contributed by atoms with Crippen LogP contribution in [0.2, 0.25) is 0 Å². The number of likely N-dealkylation sites (N-methyl/N-ethyl adjacent to an activating group) is 1. The van der Waals surface area contributed by atoms with Gasteiger partial charge in [-0.2, -0.15) is 0 Å². The van der Waals surface area contributed by atoms with Crippen LogP contribution in [0, 0.1) is 6.92 Å². The van der Waals surface area contributed by atoms with E-state index in [9.17, 15) is 9.59 Å². The summed E-state index contributed by atoms with van der Waals surface area (Å²) in [4.78, 5) is 34.4. The zero-order valence-corrected chi connectivity index (χ0v) is 16.4. The number of aryl methyl sites for hydroxylation is 1. The van der Waals surface area contributed by atoms with Crippen molar-refractivity contribution in [2.24, 2.45) is 0 Å². The van der Waals surface area contributed by atoms with Gasteiger partial charge in [0.05, 0.1) is 6.54 Å². The maximum absolute atomic E-state index is 13.2. The number of pyridine rings is 2. The number of nitrogens with zero attached hydrogens (tertiary/aromatic N) is 4. The largest absolute Gasteiger partial charge is 0.337 e. The summed E-state index contributed by atoms with van der Waals surface area (Å²) in [5, 5.41) is 0. The van der Waals surface area contributed by atoms with E-state index in [4.69, 9.17) is 0 Å². The van der Waals surface area contributed by atoms with E-state index in [1.165, 1.54) is 0 Å². The molecule has 0 aromatic carbocycles. The molecule has 0 unspecified atom stereocenters. The van der Waals surface area contributed by atoms with Crippen molar-refractivity contribution in [1.82, 2.24) is 19.4 Å². The molecule has 1 fully saturated rings. The van der Waals surface area contributed by atoms with Crippen LogP contribution in [0.3, 0.4) is 0 Å². The van der Waals surface area contributed by atoms with Gasteiger partial charge in [-0.3, -0.25) is 14.6 Å². The Morgan fingerprint density at radius 2 is 2.11 bits per heavy atom. The predicted molar refractivity (Wildman–Crippen MR) is 106 cm³/mol. The first-order valence-electron chi connectivity index (χ1n) is 9.52. The molecule has 0 N–H and O–H groups in total. The summed E-state index contributed by atoms with van der Waals surface area (Å²) in [5.41, 5.74) is 1.73. The fourth-order valence-electron chi connectivity index (χ4n) is 3.62. The van der Waals surface area contributed by atoms with Crippen LogP contribution in [0.1, 0.15) is 40.7 Å². The quantitative estimate of drug-likeness (QED) is 0.830. The molecule has 0 saturated carbocycles. The number of aromatic nitrogens is 2. The third-order valence-corrected chi connectivity index (χ3v) is 5.33. The first-order chi connectivity index (χ1) is 13.0. The minimum absolute atomic E-state index is 0.146. The molecule has 6 heteroatoms. The maximum Gasteiger partial charge on any atom is 0.263 e. The zero-order valence-electron chi connectivity index (χ0n) is 16.4. The van der Waals surface area contributed by atoms with Crippen LogP contribution in [-0.2, 0) is 6.54 Å². The van der Waals surface area contributed by atoms with E-state index < -0.39 is 0 Å². The molecule has 1 aliphatic rings. The minimum atomic E-state index is -0.227. The molecule has 1 amide bonds. The Morgan fingerprint density at radius 1 is 1.30 bits per heavy atom. The summed E-state index contributed by atoms with van der Waals surface area (Å²) in [6.07, 6.45) is 8.36. The SMILES string of the molecule is Cc1ccn(Cc2cccnc2)c(=O)c1C(=O)N1CCCC[C@H](N(C)C)C1. The van der Waals surface area contributed by atoms with Crippen LogP contribution in [0.4, 0.5) is 0 Å². The number of likely N-dealkylation sites (tertiary alicyclic amines) is 1. The lowest BCUT2D eigenvalue weighted by Crippen LogP contribution is -2.44. The van der Waals surface area contributed by atoms with Gasteiger partial charge in [0.15, 0.2) is 0 Å².